The van der Waals surface area contributed by atoms with E-state index >= 15 is 0 Å². The average Bonchev–Trinajstić information content (AvgIpc) is 1.53. The first-order valence-electron chi connectivity index (χ1n) is 31.9. The van der Waals surface area contributed by atoms with Crippen LogP contribution >= 0.6 is 0 Å². The molecule has 0 amide bonds. The largest absolute Gasteiger partial charge is 0.507 e. The maximum atomic E-state index is 12.6. The van der Waals surface area contributed by atoms with Crippen LogP contribution in [-0.2, 0) is 78.8 Å². The van der Waals surface area contributed by atoms with E-state index in [0.29, 0.717) is 73.8 Å². The van der Waals surface area contributed by atoms with E-state index in [1.165, 1.54) is 26.8 Å². The molecule has 12 aromatic heterocycles. The molecule has 111 heavy (non-hydrogen) atoms. The molecule has 3 N–H and O–H groups in total. The van der Waals surface area contributed by atoms with E-state index in [9.17, 15) is 54.8 Å². The SMILES string of the molecule is Cc1cccc(-c2[c-]cc(C(F)(F)F)nc2C)n1.Cc1ccnc(-c2[c-]c(C(F)(F)F)nc(C)c2)c1.Cc1ccnc(-c2[c-]cc(C(F)(F)F)nc2C)c1.Oc1ccccc1-c1nnc(-c2cccnc2)o1.Oc1ccccc1-c1nnc(-c2cccnc2)o1.Oc1ccccc1-c1nnc(-c2cccnc2)o1.[Ir].[Ir].[Ir]. The molecule has 0 unspecified atom stereocenters. The van der Waals surface area contributed by atoms with Crippen molar-refractivity contribution >= 4 is 0 Å². The topological polar surface area (TPSA) is 293 Å². The van der Waals surface area contributed by atoms with Crippen molar-refractivity contribution in [2.24, 2.45) is 0 Å². The van der Waals surface area contributed by atoms with Crippen LogP contribution in [0.5, 0.6) is 17.2 Å². The van der Waals surface area contributed by atoms with E-state index in [2.05, 4.69) is 93.6 Å². The number of phenolic OH excluding ortho intramolecular Hbond substituents is 3. The van der Waals surface area contributed by atoms with E-state index in [1.807, 2.05) is 51.1 Å². The van der Waals surface area contributed by atoms with E-state index in [1.54, 1.807) is 171 Å². The number of hydrogen-bond donors (Lipinski definition) is 3. The number of rotatable bonds is 9. The normalized spacial score (nSPS) is 10.7. The fraction of sp³-hybridized carbons (Fsp3) is 0.115. The van der Waals surface area contributed by atoms with Crippen molar-refractivity contribution < 1.29 is 128 Å². The number of nitrogens with zero attached hydrogens (tertiary/aromatic N) is 15. The molecular weight excluding hydrogens is 1990 g/mol. The third-order valence-electron chi connectivity index (χ3n) is 14.7. The molecular formula is C78H57F9Ir3N15O6-3. The number of aromatic hydroxyl groups is 3. The van der Waals surface area contributed by atoms with Gasteiger partial charge in [0.2, 0.25) is 17.7 Å². The molecule has 15 rings (SSSR count). The Hall–Kier alpha value is -11.9. The third kappa shape index (κ3) is 24.1. The van der Waals surface area contributed by atoms with Crippen molar-refractivity contribution in [2.75, 3.05) is 0 Å². The van der Waals surface area contributed by atoms with Gasteiger partial charge in [-0.3, -0.25) is 19.9 Å². The van der Waals surface area contributed by atoms with Gasteiger partial charge in [-0.2, -0.15) is 45.1 Å². The second kappa shape index (κ2) is 39.5. The minimum absolute atomic E-state index is 0. The van der Waals surface area contributed by atoms with Gasteiger partial charge in [-0.25, -0.2) is 0 Å². The minimum Gasteiger partial charge on any atom is -0.507 e. The average molecular weight is 2050 g/mol. The summed E-state index contributed by atoms with van der Waals surface area (Å²) in [6.07, 6.45) is -0.286. The smallest absolute Gasteiger partial charge is 0.421 e. The van der Waals surface area contributed by atoms with Crippen LogP contribution < -0.4 is 0 Å². The molecule has 573 valence electrons. The number of alkyl halides is 9. The Bertz CT molecular complexity index is 5110. The standard InChI is InChI=1S/3C13H10F3N2.3C13H9N3O2.3Ir/c1-8-3-4-17-11(5-8)10-6-9(2)18-12(7-10)13(14,15)16;1-8-5-6-17-11(7-8)10-3-4-12(13(14,15)16)18-9(10)2;1-8-4-3-5-11(17-8)10-6-7-12(13(14,15)16)18-9(10)2;3*17-11-6-2-1-5-10(11)13-16-15-12(18-13)9-4-3-7-14-8-9;;;/h3-6H,1-2H3;4-7H,1-2H3;3-5,7H,1-2H3;3*1-8,17H;;;/q3*-1;;;;;;. The number of pyridine rings is 9. The van der Waals surface area contributed by atoms with E-state index in [4.69, 9.17) is 13.3 Å². The molecule has 0 aliphatic carbocycles. The number of hydrogen-bond acceptors (Lipinski definition) is 21. The third-order valence-corrected chi connectivity index (χ3v) is 14.7. The first-order valence-corrected chi connectivity index (χ1v) is 31.9. The molecule has 0 atom stereocenters. The summed E-state index contributed by atoms with van der Waals surface area (Å²) in [5.41, 5.74) is 7.32. The summed E-state index contributed by atoms with van der Waals surface area (Å²) >= 11 is 0. The zero-order chi connectivity index (χ0) is 77.1. The Morgan fingerprint density at radius 3 is 1.08 bits per heavy atom. The molecule has 33 heteroatoms. The van der Waals surface area contributed by atoms with Gasteiger partial charge < -0.3 is 53.5 Å². The molecule has 0 bridgehead atoms. The van der Waals surface area contributed by atoms with Gasteiger partial charge in [0.15, 0.2) is 0 Å². The first kappa shape index (κ1) is 86.4. The van der Waals surface area contributed by atoms with Gasteiger partial charge in [-0.15, -0.1) is 78.1 Å². The number of benzene rings is 3. The predicted molar refractivity (Wildman–Crippen MR) is 376 cm³/mol. The van der Waals surface area contributed by atoms with Crippen molar-refractivity contribution in [3.8, 4) is 120 Å². The second-order valence-electron chi connectivity index (χ2n) is 22.9. The Morgan fingerprint density at radius 2 is 0.730 bits per heavy atom. The molecule has 0 saturated heterocycles. The first-order chi connectivity index (χ1) is 51.6. The Morgan fingerprint density at radius 1 is 0.351 bits per heavy atom. The van der Waals surface area contributed by atoms with Gasteiger partial charge in [0.05, 0.1) is 50.5 Å². The quantitative estimate of drug-likeness (QED) is 0.0893. The summed E-state index contributed by atoms with van der Waals surface area (Å²) in [6.45, 7) is 10.1. The number of halogens is 9. The summed E-state index contributed by atoms with van der Waals surface area (Å²) in [7, 11) is 0. The van der Waals surface area contributed by atoms with Gasteiger partial charge in [0.25, 0.3) is 17.7 Å². The summed E-state index contributed by atoms with van der Waals surface area (Å²) in [5, 5.41) is 52.7. The number of phenols is 3. The van der Waals surface area contributed by atoms with Crippen LogP contribution in [0.1, 0.15) is 51.0 Å². The molecule has 15 aromatic rings. The maximum Gasteiger partial charge on any atom is 0.421 e. The van der Waals surface area contributed by atoms with Crippen LogP contribution in [0.25, 0.3) is 102 Å². The molecule has 3 aromatic carbocycles. The van der Waals surface area contributed by atoms with Gasteiger partial charge >= 0.3 is 18.5 Å². The zero-order valence-corrected chi connectivity index (χ0v) is 65.6. The second-order valence-corrected chi connectivity index (χ2v) is 22.9. The monoisotopic (exact) mass is 2050 g/mol. The van der Waals surface area contributed by atoms with E-state index < -0.39 is 35.6 Å². The van der Waals surface area contributed by atoms with E-state index in [-0.39, 0.29) is 107 Å². The molecule has 0 saturated carbocycles. The number of para-hydroxylation sites is 3. The number of aryl methyl sites for hydroxylation is 6. The van der Waals surface area contributed by atoms with Crippen LogP contribution in [0.3, 0.4) is 0 Å². The summed E-state index contributed by atoms with van der Waals surface area (Å²) in [6, 6.07) is 54.5. The van der Waals surface area contributed by atoms with Crippen LogP contribution in [0.4, 0.5) is 39.5 Å². The van der Waals surface area contributed by atoms with Crippen LogP contribution in [0.2, 0.25) is 0 Å². The molecule has 12 heterocycles. The van der Waals surface area contributed by atoms with Crippen molar-refractivity contribution in [3.63, 3.8) is 0 Å². The fourth-order valence-electron chi connectivity index (χ4n) is 9.53. The van der Waals surface area contributed by atoms with Gasteiger partial charge in [0.1, 0.15) is 17.2 Å². The Labute approximate surface area is 667 Å². The zero-order valence-electron chi connectivity index (χ0n) is 58.5. The predicted octanol–water partition coefficient (Wildman–Crippen LogP) is 18.2. The Balaban J connectivity index is 0.000000184. The van der Waals surface area contributed by atoms with Crippen LogP contribution in [-0.4, -0.2) is 90.8 Å². The molecule has 0 aliphatic heterocycles. The molecule has 0 spiro atoms. The fourth-order valence-corrected chi connectivity index (χ4v) is 9.53. The molecule has 21 nitrogen and oxygen atoms in total. The van der Waals surface area contributed by atoms with Crippen molar-refractivity contribution in [2.45, 2.75) is 60.1 Å². The summed E-state index contributed by atoms with van der Waals surface area (Å²) < 4.78 is 129. The van der Waals surface area contributed by atoms with Crippen LogP contribution in [0, 0.1) is 59.7 Å². The van der Waals surface area contributed by atoms with Crippen molar-refractivity contribution in [1.29, 1.82) is 0 Å². The maximum absolute atomic E-state index is 12.6. The van der Waals surface area contributed by atoms with Crippen molar-refractivity contribution in [3.05, 3.63) is 289 Å². The van der Waals surface area contributed by atoms with Crippen LogP contribution in [0.15, 0.2) is 233 Å². The van der Waals surface area contributed by atoms with Crippen molar-refractivity contribution in [1.82, 2.24) is 75.4 Å². The molecule has 0 aliphatic rings. The van der Waals surface area contributed by atoms with E-state index in [0.717, 1.165) is 45.6 Å². The van der Waals surface area contributed by atoms with Gasteiger partial charge in [-0.1, -0.05) is 85.6 Å². The minimum atomic E-state index is -4.50. The van der Waals surface area contributed by atoms with Gasteiger partial charge in [-0.05, 0) is 153 Å². The summed E-state index contributed by atoms with van der Waals surface area (Å²) in [5.74, 6) is 2.31. The molecule has 0 fully saturated rings. The van der Waals surface area contributed by atoms with Gasteiger partial charge in [0, 0.05) is 116 Å². The summed E-state index contributed by atoms with van der Waals surface area (Å²) in [4.78, 5) is 34.9. The molecule has 3 radical (unpaired) electrons. The number of aromatic nitrogens is 15. The Kier molecular flexibility index (Phi) is 30.7.